The molecule has 4 heterocycles. The SMILES string of the molecule is Cc1nc(CC(=O)N2CC[C@@]34OC[C@@H](C(C)C)N3C(=O)C[C@@H]24)n[nH]1. The fourth-order valence-corrected chi connectivity index (χ4v) is 4.37. The lowest BCUT2D eigenvalue weighted by molar-refractivity contribution is -0.141. The number of carbonyl (C=O) groups excluding carboxylic acids is 2. The van der Waals surface area contributed by atoms with Crippen molar-refractivity contribution >= 4 is 11.8 Å². The van der Waals surface area contributed by atoms with Gasteiger partial charge in [0, 0.05) is 13.0 Å². The van der Waals surface area contributed by atoms with Crippen LogP contribution >= 0.6 is 0 Å². The van der Waals surface area contributed by atoms with E-state index in [1.807, 2.05) is 4.90 Å². The second kappa shape index (κ2) is 5.27. The van der Waals surface area contributed by atoms with E-state index in [0.717, 1.165) is 0 Å². The fourth-order valence-electron chi connectivity index (χ4n) is 4.37. The van der Waals surface area contributed by atoms with E-state index in [9.17, 15) is 9.59 Å². The van der Waals surface area contributed by atoms with Crippen molar-refractivity contribution in [3.8, 4) is 0 Å². The molecule has 0 radical (unpaired) electrons. The normalized spacial score (nSPS) is 31.9. The number of hydrogen-bond acceptors (Lipinski definition) is 5. The van der Waals surface area contributed by atoms with E-state index in [1.54, 1.807) is 11.8 Å². The summed E-state index contributed by atoms with van der Waals surface area (Å²) in [4.78, 5) is 33.2. The van der Waals surface area contributed by atoms with Gasteiger partial charge >= 0.3 is 0 Å². The van der Waals surface area contributed by atoms with Gasteiger partial charge in [-0.2, -0.15) is 5.10 Å². The van der Waals surface area contributed by atoms with Crippen LogP contribution in [0.5, 0.6) is 0 Å². The summed E-state index contributed by atoms with van der Waals surface area (Å²) in [6.07, 6.45) is 1.19. The lowest BCUT2D eigenvalue weighted by Crippen LogP contribution is -2.51. The van der Waals surface area contributed by atoms with Gasteiger partial charge in [0.05, 0.1) is 31.5 Å². The Kier molecular flexibility index (Phi) is 3.42. The number of H-pyrrole nitrogens is 1. The zero-order valence-electron chi connectivity index (χ0n) is 14.3. The lowest BCUT2D eigenvalue weighted by atomic mass is 10.0. The molecular weight excluding hydrogens is 310 g/mol. The average molecular weight is 333 g/mol. The molecule has 24 heavy (non-hydrogen) atoms. The van der Waals surface area contributed by atoms with Gasteiger partial charge in [0.2, 0.25) is 11.8 Å². The van der Waals surface area contributed by atoms with Crippen LogP contribution in [0, 0.1) is 12.8 Å². The standard InChI is InChI=1S/C16H23N5O3/c1-9(2)11-8-24-16-4-5-20(12(16)6-15(23)21(11)16)14(22)7-13-17-10(3)18-19-13/h9,11-12H,4-8H2,1-3H3,(H,17,18,19)/t11-,12+,16-/m0/s1. The number of carbonyl (C=O) groups is 2. The number of rotatable bonds is 3. The van der Waals surface area contributed by atoms with Crippen LogP contribution < -0.4 is 0 Å². The topological polar surface area (TPSA) is 91.4 Å². The summed E-state index contributed by atoms with van der Waals surface area (Å²) in [5.41, 5.74) is -0.614. The van der Waals surface area contributed by atoms with Crippen LogP contribution in [-0.2, 0) is 20.7 Å². The van der Waals surface area contributed by atoms with Crippen LogP contribution in [0.15, 0.2) is 0 Å². The molecule has 3 fully saturated rings. The third kappa shape index (κ3) is 2.08. The van der Waals surface area contributed by atoms with E-state index >= 15 is 0 Å². The Morgan fingerprint density at radius 3 is 2.96 bits per heavy atom. The molecule has 3 atom stereocenters. The molecule has 1 aromatic rings. The minimum atomic E-state index is -0.614. The number of aryl methyl sites for hydroxylation is 1. The first kappa shape index (κ1) is 15.6. The van der Waals surface area contributed by atoms with E-state index in [-0.39, 0.29) is 30.3 Å². The molecule has 0 bridgehead atoms. The smallest absolute Gasteiger partial charge is 0.230 e. The minimum Gasteiger partial charge on any atom is -0.351 e. The van der Waals surface area contributed by atoms with Gasteiger partial charge in [-0.15, -0.1) is 0 Å². The first-order valence-electron chi connectivity index (χ1n) is 8.56. The molecule has 1 N–H and O–H groups in total. The largest absolute Gasteiger partial charge is 0.351 e. The molecule has 8 heteroatoms. The molecule has 0 saturated carbocycles. The molecule has 130 valence electrons. The molecule has 1 spiro atoms. The van der Waals surface area contributed by atoms with Crippen molar-refractivity contribution in [3.05, 3.63) is 11.6 Å². The maximum absolute atomic E-state index is 12.7. The molecule has 1 aromatic heterocycles. The Morgan fingerprint density at radius 2 is 2.29 bits per heavy atom. The second-order valence-electron chi connectivity index (χ2n) is 7.30. The van der Waals surface area contributed by atoms with Crippen molar-refractivity contribution < 1.29 is 14.3 Å². The summed E-state index contributed by atoms with van der Waals surface area (Å²) >= 11 is 0. The molecule has 0 unspecified atom stereocenters. The molecule has 0 aromatic carbocycles. The average Bonchev–Trinajstić information content (AvgIpc) is 3.22. The monoisotopic (exact) mass is 333 g/mol. The summed E-state index contributed by atoms with van der Waals surface area (Å²) in [5.74, 6) is 1.58. The molecule has 3 aliphatic heterocycles. The summed E-state index contributed by atoms with van der Waals surface area (Å²) in [7, 11) is 0. The summed E-state index contributed by atoms with van der Waals surface area (Å²) < 4.78 is 6.14. The maximum Gasteiger partial charge on any atom is 0.230 e. The van der Waals surface area contributed by atoms with E-state index < -0.39 is 5.72 Å². The summed E-state index contributed by atoms with van der Waals surface area (Å²) in [6.45, 7) is 7.19. The van der Waals surface area contributed by atoms with Crippen molar-refractivity contribution in [1.82, 2.24) is 25.0 Å². The zero-order chi connectivity index (χ0) is 17.1. The Labute approximate surface area is 140 Å². The van der Waals surface area contributed by atoms with Gasteiger partial charge < -0.3 is 14.5 Å². The van der Waals surface area contributed by atoms with Crippen molar-refractivity contribution in [3.63, 3.8) is 0 Å². The van der Waals surface area contributed by atoms with Crippen molar-refractivity contribution in [2.75, 3.05) is 13.2 Å². The Hall–Kier alpha value is -1.96. The van der Waals surface area contributed by atoms with Gasteiger partial charge in [-0.25, -0.2) is 4.98 Å². The van der Waals surface area contributed by atoms with Gasteiger partial charge in [-0.3, -0.25) is 14.7 Å². The van der Waals surface area contributed by atoms with Crippen LogP contribution in [0.25, 0.3) is 0 Å². The summed E-state index contributed by atoms with van der Waals surface area (Å²) in [5, 5.41) is 6.79. The summed E-state index contributed by atoms with van der Waals surface area (Å²) in [6, 6.07) is -0.0884. The second-order valence-corrected chi connectivity index (χ2v) is 7.30. The van der Waals surface area contributed by atoms with Crippen LogP contribution in [0.4, 0.5) is 0 Å². The molecule has 0 aliphatic carbocycles. The molecule has 3 aliphatic rings. The zero-order valence-corrected chi connectivity index (χ0v) is 14.3. The Morgan fingerprint density at radius 1 is 1.50 bits per heavy atom. The first-order chi connectivity index (χ1) is 11.4. The van der Waals surface area contributed by atoms with Crippen LogP contribution in [0.1, 0.15) is 38.3 Å². The molecule has 4 rings (SSSR count). The quantitative estimate of drug-likeness (QED) is 0.855. The highest BCUT2D eigenvalue weighted by Gasteiger charge is 2.65. The van der Waals surface area contributed by atoms with Crippen molar-refractivity contribution in [2.24, 2.45) is 5.92 Å². The predicted octanol–water partition coefficient (Wildman–Crippen LogP) is 0.240. The number of hydrogen-bond donors (Lipinski definition) is 1. The van der Waals surface area contributed by atoms with Crippen molar-refractivity contribution in [1.29, 1.82) is 0 Å². The van der Waals surface area contributed by atoms with Gasteiger partial charge in [0.15, 0.2) is 11.5 Å². The van der Waals surface area contributed by atoms with Gasteiger partial charge in [-0.1, -0.05) is 13.8 Å². The van der Waals surface area contributed by atoms with E-state index in [0.29, 0.717) is 43.6 Å². The molecule has 2 amide bonds. The molecule has 8 nitrogen and oxygen atoms in total. The van der Waals surface area contributed by atoms with Gasteiger partial charge in [0.25, 0.3) is 0 Å². The third-order valence-corrected chi connectivity index (χ3v) is 5.53. The van der Waals surface area contributed by atoms with E-state index in [4.69, 9.17) is 4.74 Å². The predicted molar refractivity (Wildman–Crippen MR) is 83.7 cm³/mol. The Balaban J connectivity index is 1.55. The lowest BCUT2D eigenvalue weighted by Gasteiger charge is -2.34. The maximum atomic E-state index is 12.7. The minimum absolute atomic E-state index is 0.0397. The molecule has 3 saturated heterocycles. The number of likely N-dealkylation sites (tertiary alicyclic amines) is 1. The fraction of sp³-hybridized carbons (Fsp3) is 0.750. The van der Waals surface area contributed by atoms with E-state index in [1.165, 1.54) is 0 Å². The number of amides is 2. The van der Waals surface area contributed by atoms with Crippen LogP contribution in [-0.4, -0.2) is 67.8 Å². The van der Waals surface area contributed by atoms with Gasteiger partial charge in [-0.05, 0) is 12.8 Å². The highest BCUT2D eigenvalue weighted by molar-refractivity contribution is 5.85. The third-order valence-electron chi connectivity index (χ3n) is 5.53. The van der Waals surface area contributed by atoms with Gasteiger partial charge in [0.1, 0.15) is 5.82 Å². The van der Waals surface area contributed by atoms with E-state index in [2.05, 4.69) is 29.0 Å². The van der Waals surface area contributed by atoms with Crippen LogP contribution in [0.3, 0.4) is 0 Å². The number of nitrogens with zero attached hydrogens (tertiary/aromatic N) is 4. The molecular formula is C16H23N5O3. The number of nitrogens with one attached hydrogen (secondary N) is 1. The van der Waals surface area contributed by atoms with Crippen molar-refractivity contribution in [2.45, 2.75) is 57.8 Å². The van der Waals surface area contributed by atoms with Crippen LogP contribution in [0.2, 0.25) is 0 Å². The Bertz CT molecular complexity index is 687. The highest BCUT2D eigenvalue weighted by atomic mass is 16.5. The number of ether oxygens (including phenoxy) is 1. The number of aromatic nitrogens is 3. The first-order valence-corrected chi connectivity index (χ1v) is 8.56. The number of aromatic amines is 1. The highest BCUT2D eigenvalue weighted by Crippen LogP contribution is 2.48.